The van der Waals surface area contributed by atoms with Crippen molar-refractivity contribution in [3.8, 4) is 0 Å². The van der Waals surface area contributed by atoms with Gasteiger partial charge in [-0.3, -0.25) is 4.79 Å². The van der Waals surface area contributed by atoms with Gasteiger partial charge in [-0.25, -0.2) is 8.42 Å². The number of aryl methyl sites for hydroxylation is 2. The Morgan fingerprint density at radius 1 is 1.07 bits per heavy atom. The topological polar surface area (TPSA) is 66.5 Å². The number of hydrogen-bond acceptors (Lipinski definition) is 3. The minimum Gasteiger partial charge on any atom is -0.325 e. The summed E-state index contributed by atoms with van der Waals surface area (Å²) in [4.78, 5) is 13.1. The molecule has 0 radical (unpaired) electrons. The van der Waals surface area contributed by atoms with Gasteiger partial charge in [-0.15, -0.1) is 0 Å². The zero-order chi connectivity index (χ0) is 19.6. The molecular weight excluding hydrogens is 428 g/mol. The molecule has 0 bridgehead atoms. The van der Waals surface area contributed by atoms with E-state index in [0.717, 1.165) is 28.4 Å². The Bertz CT molecular complexity index is 942. The van der Waals surface area contributed by atoms with Crippen molar-refractivity contribution in [3.05, 3.63) is 58.1 Å². The molecule has 0 aromatic heterocycles. The van der Waals surface area contributed by atoms with E-state index in [1.165, 1.54) is 4.31 Å². The van der Waals surface area contributed by atoms with Crippen LogP contribution >= 0.6 is 15.9 Å². The number of sulfonamides is 1. The van der Waals surface area contributed by atoms with Gasteiger partial charge in [0.15, 0.2) is 0 Å². The number of anilines is 1. The smallest absolute Gasteiger partial charge is 0.243 e. The number of hydrogen-bond donors (Lipinski definition) is 1. The summed E-state index contributed by atoms with van der Waals surface area (Å²) < 4.78 is 28.3. The highest BCUT2D eigenvalue weighted by Gasteiger charge is 2.37. The third-order valence-corrected chi connectivity index (χ3v) is 7.40. The molecule has 0 aliphatic carbocycles. The van der Waals surface area contributed by atoms with Gasteiger partial charge in [0.2, 0.25) is 15.9 Å². The molecule has 1 saturated heterocycles. The largest absolute Gasteiger partial charge is 0.325 e. The van der Waals surface area contributed by atoms with E-state index in [1.54, 1.807) is 24.3 Å². The predicted molar refractivity (Wildman–Crippen MR) is 110 cm³/mol. The Balaban J connectivity index is 1.85. The Labute approximate surface area is 169 Å². The number of nitrogens with zero attached hydrogens (tertiary/aromatic N) is 1. The van der Waals surface area contributed by atoms with Crippen LogP contribution in [-0.4, -0.2) is 31.2 Å². The van der Waals surface area contributed by atoms with Gasteiger partial charge in [0, 0.05) is 16.7 Å². The molecule has 2 aromatic rings. The molecule has 3 rings (SSSR count). The quantitative estimate of drug-likeness (QED) is 0.756. The summed E-state index contributed by atoms with van der Waals surface area (Å²) in [5, 5.41) is 2.89. The van der Waals surface area contributed by atoms with Gasteiger partial charge < -0.3 is 5.32 Å². The van der Waals surface area contributed by atoms with Crippen LogP contribution in [0.4, 0.5) is 5.69 Å². The Hall–Kier alpha value is -1.70. The molecule has 27 heavy (non-hydrogen) atoms. The van der Waals surface area contributed by atoms with E-state index in [2.05, 4.69) is 21.2 Å². The number of nitrogens with one attached hydrogen (secondary N) is 1. The molecule has 144 valence electrons. The molecule has 0 saturated carbocycles. The fraction of sp³-hybridized carbons (Fsp3) is 0.350. The lowest BCUT2D eigenvalue weighted by Crippen LogP contribution is -2.49. The van der Waals surface area contributed by atoms with Crippen molar-refractivity contribution in [1.82, 2.24) is 4.31 Å². The number of carbonyl (C=O) groups excluding carboxylic acids is 1. The normalized spacial score (nSPS) is 18.3. The minimum absolute atomic E-state index is 0.205. The highest BCUT2D eigenvalue weighted by molar-refractivity contribution is 9.10. The lowest BCUT2D eigenvalue weighted by molar-refractivity contribution is -0.120. The Morgan fingerprint density at radius 3 is 2.44 bits per heavy atom. The molecule has 0 unspecified atom stereocenters. The van der Waals surface area contributed by atoms with Gasteiger partial charge in [0.05, 0.1) is 4.90 Å². The van der Waals surface area contributed by atoms with Gasteiger partial charge in [0.25, 0.3) is 0 Å². The fourth-order valence-corrected chi connectivity index (χ4v) is 5.16. The van der Waals surface area contributed by atoms with Gasteiger partial charge in [-0.1, -0.05) is 28.4 Å². The molecule has 7 heteroatoms. The van der Waals surface area contributed by atoms with Gasteiger partial charge in [-0.05, 0) is 74.2 Å². The molecule has 1 fully saturated rings. The summed E-state index contributed by atoms with van der Waals surface area (Å²) in [6.45, 7) is 4.34. The summed E-state index contributed by atoms with van der Waals surface area (Å²) in [7, 11) is -3.73. The van der Waals surface area contributed by atoms with Gasteiger partial charge in [0.1, 0.15) is 6.04 Å². The first-order chi connectivity index (χ1) is 12.8. The Kier molecular flexibility index (Phi) is 6.03. The second-order valence-corrected chi connectivity index (χ2v) is 9.68. The molecule has 5 nitrogen and oxygen atoms in total. The molecule has 1 N–H and O–H groups in total. The maximum atomic E-state index is 13.1. The van der Waals surface area contributed by atoms with E-state index in [4.69, 9.17) is 0 Å². The van der Waals surface area contributed by atoms with Crippen molar-refractivity contribution < 1.29 is 13.2 Å². The number of rotatable bonds is 4. The van der Waals surface area contributed by atoms with Crippen molar-refractivity contribution in [2.24, 2.45) is 0 Å². The van der Waals surface area contributed by atoms with E-state index in [0.29, 0.717) is 18.7 Å². The lowest BCUT2D eigenvalue weighted by Gasteiger charge is -2.33. The number of piperidine rings is 1. The Morgan fingerprint density at radius 2 is 1.78 bits per heavy atom. The maximum absolute atomic E-state index is 13.1. The average Bonchev–Trinajstić information content (AvgIpc) is 2.65. The zero-order valence-corrected chi connectivity index (χ0v) is 17.8. The average molecular weight is 451 g/mol. The third-order valence-electron chi connectivity index (χ3n) is 4.95. The number of amides is 1. The van der Waals surface area contributed by atoms with Crippen LogP contribution < -0.4 is 5.32 Å². The maximum Gasteiger partial charge on any atom is 0.243 e. The lowest BCUT2D eigenvalue weighted by atomic mass is 10.0. The summed E-state index contributed by atoms with van der Waals surface area (Å²) in [6.07, 6.45) is 2.10. The summed E-state index contributed by atoms with van der Waals surface area (Å²) in [5.74, 6) is -0.279. The second kappa shape index (κ2) is 8.12. The molecule has 1 aliphatic heterocycles. The summed E-state index contributed by atoms with van der Waals surface area (Å²) in [5.41, 5.74) is 2.91. The minimum atomic E-state index is -3.73. The van der Waals surface area contributed by atoms with Crippen LogP contribution in [0.15, 0.2) is 51.8 Å². The van der Waals surface area contributed by atoms with E-state index in [1.807, 2.05) is 32.0 Å². The van der Waals surface area contributed by atoms with Crippen molar-refractivity contribution in [2.45, 2.75) is 44.0 Å². The third kappa shape index (κ3) is 4.42. The van der Waals surface area contributed by atoms with Gasteiger partial charge in [-0.2, -0.15) is 4.31 Å². The van der Waals surface area contributed by atoms with E-state index in [9.17, 15) is 13.2 Å². The number of carbonyl (C=O) groups is 1. The SMILES string of the molecule is Cc1ccc(NC(=O)[C@H]2CCCCN2S(=O)(=O)c2ccc(Br)cc2)cc1C. The molecule has 2 aromatic carbocycles. The fourth-order valence-electron chi connectivity index (χ4n) is 3.24. The number of benzene rings is 2. The van der Waals surface area contributed by atoms with Crippen molar-refractivity contribution in [3.63, 3.8) is 0 Å². The van der Waals surface area contributed by atoms with Crippen LogP contribution in [-0.2, 0) is 14.8 Å². The molecule has 1 heterocycles. The van der Waals surface area contributed by atoms with Crippen molar-refractivity contribution in [2.75, 3.05) is 11.9 Å². The van der Waals surface area contributed by atoms with Crippen LogP contribution in [0, 0.1) is 13.8 Å². The van der Waals surface area contributed by atoms with Crippen LogP contribution in [0.5, 0.6) is 0 Å². The second-order valence-electron chi connectivity index (χ2n) is 6.87. The van der Waals surface area contributed by atoms with Crippen molar-refractivity contribution in [1.29, 1.82) is 0 Å². The van der Waals surface area contributed by atoms with Crippen LogP contribution in [0.1, 0.15) is 30.4 Å². The van der Waals surface area contributed by atoms with E-state index >= 15 is 0 Å². The predicted octanol–water partition coefficient (Wildman–Crippen LogP) is 4.25. The zero-order valence-electron chi connectivity index (χ0n) is 15.4. The number of halogens is 1. The monoisotopic (exact) mass is 450 g/mol. The van der Waals surface area contributed by atoms with E-state index in [-0.39, 0.29) is 10.8 Å². The van der Waals surface area contributed by atoms with Crippen molar-refractivity contribution >= 4 is 37.5 Å². The molecule has 1 amide bonds. The highest BCUT2D eigenvalue weighted by atomic mass is 79.9. The highest BCUT2D eigenvalue weighted by Crippen LogP contribution is 2.27. The standard InChI is InChI=1S/C20H23BrN2O3S/c1-14-6-9-17(13-15(14)2)22-20(24)19-5-3-4-12-23(19)27(25,26)18-10-7-16(21)8-11-18/h6-11,13,19H,3-5,12H2,1-2H3,(H,22,24)/t19-/m1/s1. The van der Waals surface area contributed by atoms with Crippen LogP contribution in [0.25, 0.3) is 0 Å². The molecule has 0 spiro atoms. The first kappa shape index (κ1) is 20.0. The summed E-state index contributed by atoms with van der Waals surface area (Å²) >= 11 is 3.32. The van der Waals surface area contributed by atoms with E-state index < -0.39 is 16.1 Å². The first-order valence-corrected chi connectivity index (χ1v) is 11.2. The molecule has 1 aliphatic rings. The molecule has 1 atom stereocenters. The van der Waals surface area contributed by atoms with Gasteiger partial charge >= 0.3 is 0 Å². The van der Waals surface area contributed by atoms with Crippen LogP contribution in [0.2, 0.25) is 0 Å². The first-order valence-electron chi connectivity index (χ1n) is 8.94. The summed E-state index contributed by atoms with van der Waals surface area (Å²) in [6, 6.07) is 11.5. The van der Waals surface area contributed by atoms with Crippen LogP contribution in [0.3, 0.4) is 0 Å². The molecular formula is C20H23BrN2O3S.